The lowest BCUT2D eigenvalue weighted by atomic mass is 10.1. The number of carbonyl (C=O) groups excluding carboxylic acids is 1. The van der Waals surface area contributed by atoms with Gasteiger partial charge in [0.1, 0.15) is 5.75 Å². The van der Waals surface area contributed by atoms with Crippen molar-refractivity contribution in [1.82, 2.24) is 9.88 Å². The summed E-state index contributed by atoms with van der Waals surface area (Å²) < 4.78 is 5.35. The SMILES string of the molecule is COc1ccc(C)cc1NC(=O)C1CCCN1Cc1cccnc1. The zero-order valence-electron chi connectivity index (χ0n) is 14.2. The number of nitrogens with one attached hydrogen (secondary N) is 1. The van der Waals surface area contributed by atoms with Gasteiger partial charge < -0.3 is 10.1 Å². The van der Waals surface area contributed by atoms with Crippen LogP contribution >= 0.6 is 0 Å². The second kappa shape index (κ2) is 7.45. The topological polar surface area (TPSA) is 54.5 Å². The third kappa shape index (κ3) is 3.74. The number of carbonyl (C=O) groups is 1. The van der Waals surface area contributed by atoms with Gasteiger partial charge in [0.25, 0.3) is 0 Å². The van der Waals surface area contributed by atoms with E-state index in [1.807, 2.05) is 43.5 Å². The zero-order chi connectivity index (χ0) is 16.9. The molecule has 5 heteroatoms. The van der Waals surface area contributed by atoms with Crippen LogP contribution in [-0.4, -0.2) is 35.5 Å². The standard InChI is InChI=1S/C19H23N3O2/c1-14-7-8-18(24-2)16(11-14)21-19(23)17-6-4-10-22(17)13-15-5-3-9-20-12-15/h3,5,7-9,11-12,17H,4,6,10,13H2,1-2H3,(H,21,23). The molecule has 1 fully saturated rings. The van der Waals surface area contributed by atoms with E-state index in [1.165, 1.54) is 0 Å². The van der Waals surface area contributed by atoms with E-state index in [0.29, 0.717) is 5.75 Å². The predicted molar refractivity (Wildman–Crippen MR) is 94.0 cm³/mol. The molecule has 1 aromatic heterocycles. The first kappa shape index (κ1) is 16.5. The van der Waals surface area contributed by atoms with Crippen molar-refractivity contribution < 1.29 is 9.53 Å². The summed E-state index contributed by atoms with van der Waals surface area (Å²) in [6, 6.07) is 9.65. The van der Waals surface area contributed by atoms with Crippen LogP contribution in [0, 0.1) is 6.92 Å². The summed E-state index contributed by atoms with van der Waals surface area (Å²) in [5.74, 6) is 0.714. The molecule has 1 aromatic carbocycles. The van der Waals surface area contributed by atoms with Crippen LogP contribution in [0.15, 0.2) is 42.7 Å². The number of aryl methyl sites for hydroxylation is 1. The minimum absolute atomic E-state index is 0.0280. The highest BCUT2D eigenvalue weighted by atomic mass is 16.5. The Morgan fingerprint density at radius 2 is 2.29 bits per heavy atom. The van der Waals surface area contributed by atoms with Gasteiger partial charge in [-0.05, 0) is 55.6 Å². The molecule has 0 radical (unpaired) electrons. The number of amides is 1. The number of nitrogens with zero attached hydrogens (tertiary/aromatic N) is 2. The molecule has 1 aliphatic heterocycles. The van der Waals surface area contributed by atoms with E-state index in [9.17, 15) is 4.79 Å². The largest absolute Gasteiger partial charge is 0.495 e. The quantitative estimate of drug-likeness (QED) is 0.918. The number of ether oxygens (including phenoxy) is 1. The lowest BCUT2D eigenvalue weighted by Gasteiger charge is -2.24. The van der Waals surface area contributed by atoms with E-state index in [1.54, 1.807) is 13.3 Å². The average Bonchev–Trinajstić information content (AvgIpc) is 3.04. The Kier molecular flexibility index (Phi) is 5.11. The van der Waals surface area contributed by atoms with Gasteiger partial charge in [-0.25, -0.2) is 0 Å². The summed E-state index contributed by atoms with van der Waals surface area (Å²) in [5.41, 5.74) is 2.95. The highest BCUT2D eigenvalue weighted by Crippen LogP contribution is 2.27. The molecule has 24 heavy (non-hydrogen) atoms. The van der Waals surface area contributed by atoms with E-state index < -0.39 is 0 Å². The molecule has 0 saturated carbocycles. The fourth-order valence-corrected chi connectivity index (χ4v) is 3.17. The lowest BCUT2D eigenvalue weighted by molar-refractivity contribution is -0.120. The Morgan fingerprint density at radius 3 is 3.04 bits per heavy atom. The number of methoxy groups -OCH3 is 1. The van der Waals surface area contributed by atoms with Crippen LogP contribution in [0.5, 0.6) is 5.75 Å². The molecule has 2 heterocycles. The van der Waals surface area contributed by atoms with Gasteiger partial charge in [-0.1, -0.05) is 12.1 Å². The number of hydrogen-bond donors (Lipinski definition) is 1. The number of anilines is 1. The zero-order valence-corrected chi connectivity index (χ0v) is 14.2. The normalized spacial score (nSPS) is 17.7. The maximum atomic E-state index is 12.8. The van der Waals surface area contributed by atoms with E-state index in [4.69, 9.17) is 4.74 Å². The molecule has 0 aliphatic carbocycles. The monoisotopic (exact) mass is 325 g/mol. The van der Waals surface area contributed by atoms with Crippen LogP contribution < -0.4 is 10.1 Å². The van der Waals surface area contributed by atoms with E-state index in [2.05, 4.69) is 15.2 Å². The molecule has 3 rings (SSSR count). The Labute approximate surface area is 142 Å². The highest BCUT2D eigenvalue weighted by Gasteiger charge is 2.31. The molecule has 0 bridgehead atoms. The van der Waals surface area contributed by atoms with Gasteiger partial charge in [0.2, 0.25) is 5.91 Å². The van der Waals surface area contributed by atoms with Gasteiger partial charge in [0.05, 0.1) is 18.8 Å². The van der Waals surface area contributed by atoms with Gasteiger partial charge in [-0.15, -0.1) is 0 Å². The van der Waals surface area contributed by atoms with Crippen LogP contribution in [0.25, 0.3) is 0 Å². The van der Waals surface area contributed by atoms with E-state index in [0.717, 1.165) is 42.7 Å². The van der Waals surface area contributed by atoms with Crippen molar-refractivity contribution >= 4 is 11.6 Å². The summed E-state index contributed by atoms with van der Waals surface area (Å²) in [6.07, 6.45) is 5.53. The molecule has 1 amide bonds. The third-order valence-corrected chi connectivity index (χ3v) is 4.39. The third-order valence-electron chi connectivity index (χ3n) is 4.39. The molecule has 1 unspecified atom stereocenters. The number of rotatable bonds is 5. The number of pyridine rings is 1. The molecule has 1 N–H and O–H groups in total. The first-order chi connectivity index (χ1) is 11.7. The van der Waals surface area contributed by atoms with E-state index >= 15 is 0 Å². The van der Waals surface area contributed by atoms with Crippen LogP contribution in [0.2, 0.25) is 0 Å². The fourth-order valence-electron chi connectivity index (χ4n) is 3.17. The molecular weight excluding hydrogens is 302 g/mol. The van der Waals surface area contributed by atoms with Crippen molar-refractivity contribution in [2.75, 3.05) is 19.0 Å². The summed E-state index contributed by atoms with van der Waals surface area (Å²) in [6.45, 7) is 3.67. The molecule has 0 spiro atoms. The first-order valence-electron chi connectivity index (χ1n) is 8.26. The van der Waals surface area contributed by atoms with Gasteiger partial charge >= 0.3 is 0 Å². The molecule has 1 saturated heterocycles. The molecule has 126 valence electrons. The van der Waals surface area contributed by atoms with Gasteiger partial charge in [-0.2, -0.15) is 0 Å². The highest BCUT2D eigenvalue weighted by molar-refractivity contribution is 5.96. The summed E-state index contributed by atoms with van der Waals surface area (Å²) in [5, 5.41) is 3.04. The van der Waals surface area contributed by atoms with Gasteiger partial charge in [0.15, 0.2) is 0 Å². The molecule has 1 aliphatic rings. The fraction of sp³-hybridized carbons (Fsp3) is 0.368. The van der Waals surface area contributed by atoms with Crippen molar-refractivity contribution in [1.29, 1.82) is 0 Å². The Morgan fingerprint density at radius 1 is 1.42 bits per heavy atom. The number of hydrogen-bond acceptors (Lipinski definition) is 4. The minimum atomic E-state index is -0.115. The van der Waals surface area contributed by atoms with Crippen molar-refractivity contribution in [2.45, 2.75) is 32.4 Å². The Hall–Kier alpha value is -2.40. The average molecular weight is 325 g/mol. The smallest absolute Gasteiger partial charge is 0.241 e. The Balaban J connectivity index is 1.71. The Bertz CT molecular complexity index is 703. The van der Waals surface area contributed by atoms with Crippen LogP contribution in [-0.2, 0) is 11.3 Å². The van der Waals surface area contributed by atoms with Crippen molar-refractivity contribution in [2.24, 2.45) is 0 Å². The van der Waals surface area contributed by atoms with Crippen molar-refractivity contribution in [3.8, 4) is 5.75 Å². The summed E-state index contributed by atoms with van der Waals surface area (Å²) in [7, 11) is 1.62. The molecule has 1 atom stereocenters. The molecular formula is C19H23N3O2. The second-order valence-corrected chi connectivity index (χ2v) is 6.18. The van der Waals surface area contributed by atoms with Crippen molar-refractivity contribution in [3.63, 3.8) is 0 Å². The first-order valence-corrected chi connectivity index (χ1v) is 8.26. The lowest BCUT2D eigenvalue weighted by Crippen LogP contribution is -2.39. The summed E-state index contributed by atoms with van der Waals surface area (Å²) >= 11 is 0. The number of benzene rings is 1. The molecule has 5 nitrogen and oxygen atoms in total. The van der Waals surface area contributed by atoms with Gasteiger partial charge in [0, 0.05) is 18.9 Å². The minimum Gasteiger partial charge on any atom is -0.495 e. The van der Waals surface area contributed by atoms with Crippen LogP contribution in [0.3, 0.4) is 0 Å². The number of likely N-dealkylation sites (tertiary alicyclic amines) is 1. The maximum Gasteiger partial charge on any atom is 0.241 e. The second-order valence-electron chi connectivity index (χ2n) is 6.18. The predicted octanol–water partition coefficient (Wildman–Crippen LogP) is 3.00. The van der Waals surface area contributed by atoms with Crippen molar-refractivity contribution in [3.05, 3.63) is 53.9 Å². The molecule has 2 aromatic rings. The van der Waals surface area contributed by atoms with E-state index in [-0.39, 0.29) is 11.9 Å². The van der Waals surface area contributed by atoms with Crippen LogP contribution in [0.1, 0.15) is 24.0 Å². The number of aromatic nitrogens is 1. The van der Waals surface area contributed by atoms with Gasteiger partial charge in [-0.3, -0.25) is 14.7 Å². The summed E-state index contributed by atoms with van der Waals surface area (Å²) in [4.78, 5) is 19.1. The van der Waals surface area contributed by atoms with Crippen LogP contribution in [0.4, 0.5) is 5.69 Å². The maximum absolute atomic E-state index is 12.8.